The molecule has 1 aromatic rings. The van der Waals surface area contributed by atoms with Gasteiger partial charge in [0.25, 0.3) is 5.69 Å². The summed E-state index contributed by atoms with van der Waals surface area (Å²) in [5, 5.41) is 24.9. The molecule has 0 aliphatic heterocycles. The maximum atomic E-state index is 11.0. The summed E-state index contributed by atoms with van der Waals surface area (Å²) in [5.41, 5.74) is -0.366. The van der Waals surface area contributed by atoms with Crippen molar-refractivity contribution in [3.8, 4) is 0 Å². The molecule has 0 unspecified atom stereocenters. The van der Waals surface area contributed by atoms with Gasteiger partial charge in [-0.15, -0.1) is 0 Å². The number of nitrogens with one attached hydrogen (secondary N) is 1. The van der Waals surface area contributed by atoms with Crippen LogP contribution in [-0.2, 0) is 0 Å². The number of rotatable bonds is 4. The minimum Gasteiger partial charge on any atom is -0.388 e. The summed E-state index contributed by atoms with van der Waals surface area (Å²) < 4.78 is 0. The highest BCUT2D eigenvalue weighted by molar-refractivity contribution is 6.33. The van der Waals surface area contributed by atoms with Gasteiger partial charge in [-0.25, -0.2) is 0 Å². The number of hydrogen-bond donors (Lipinski definition) is 2. The summed E-state index contributed by atoms with van der Waals surface area (Å²) in [6.45, 7) is 4.66. The van der Waals surface area contributed by atoms with Crippen LogP contribution < -0.4 is 5.32 Å². The maximum absolute atomic E-state index is 11.0. The van der Waals surface area contributed by atoms with Gasteiger partial charge in [0.2, 0.25) is 0 Å². The van der Waals surface area contributed by atoms with Crippen LogP contribution in [0.25, 0.3) is 0 Å². The molecule has 0 radical (unpaired) electrons. The zero-order valence-corrected chi connectivity index (χ0v) is 13.1. The molecule has 1 saturated carbocycles. The van der Waals surface area contributed by atoms with E-state index in [1.165, 1.54) is 6.07 Å². The van der Waals surface area contributed by atoms with Crippen molar-refractivity contribution in [1.82, 2.24) is 0 Å². The zero-order chi connectivity index (χ0) is 15.7. The first kappa shape index (κ1) is 16.0. The first-order chi connectivity index (χ1) is 9.72. The van der Waals surface area contributed by atoms with Gasteiger partial charge < -0.3 is 10.4 Å². The summed E-state index contributed by atoms with van der Waals surface area (Å²) >= 11 is 6.03. The molecule has 2 rings (SSSR count). The minimum atomic E-state index is -0.831. The molecule has 116 valence electrons. The van der Waals surface area contributed by atoms with E-state index in [0.717, 1.165) is 12.8 Å². The van der Waals surface area contributed by atoms with Crippen LogP contribution in [0, 0.1) is 15.5 Å². The molecule has 1 aliphatic carbocycles. The smallest absolute Gasteiger partial charge is 0.293 e. The second-order valence-electron chi connectivity index (χ2n) is 6.63. The van der Waals surface area contributed by atoms with Gasteiger partial charge in [0.05, 0.1) is 15.5 Å². The summed E-state index contributed by atoms with van der Waals surface area (Å²) in [6.07, 6.45) is 3.25. The van der Waals surface area contributed by atoms with Crippen LogP contribution in [0.5, 0.6) is 0 Å². The predicted molar refractivity (Wildman–Crippen MR) is 83.8 cm³/mol. The molecule has 2 N–H and O–H groups in total. The fourth-order valence-electron chi connectivity index (χ4n) is 2.66. The van der Waals surface area contributed by atoms with Gasteiger partial charge in [-0.3, -0.25) is 10.1 Å². The van der Waals surface area contributed by atoms with Crippen molar-refractivity contribution in [1.29, 1.82) is 0 Å². The molecule has 1 fully saturated rings. The fourth-order valence-corrected chi connectivity index (χ4v) is 2.90. The highest BCUT2D eigenvalue weighted by Crippen LogP contribution is 2.41. The topological polar surface area (TPSA) is 75.4 Å². The first-order valence-corrected chi connectivity index (χ1v) is 7.49. The third kappa shape index (κ3) is 3.86. The van der Waals surface area contributed by atoms with E-state index in [4.69, 9.17) is 11.6 Å². The van der Waals surface area contributed by atoms with E-state index in [1.807, 2.05) is 0 Å². The van der Waals surface area contributed by atoms with E-state index in [1.54, 1.807) is 12.1 Å². The number of halogens is 1. The monoisotopic (exact) mass is 312 g/mol. The summed E-state index contributed by atoms with van der Waals surface area (Å²) in [5.74, 6) is 0. The van der Waals surface area contributed by atoms with Gasteiger partial charge in [0, 0.05) is 12.6 Å². The molecule has 1 aliphatic rings. The molecule has 5 nitrogen and oxygen atoms in total. The van der Waals surface area contributed by atoms with Gasteiger partial charge in [0.15, 0.2) is 0 Å². The molecule has 0 amide bonds. The quantitative estimate of drug-likeness (QED) is 0.651. The lowest BCUT2D eigenvalue weighted by atomic mass is 9.71. The Kier molecular flexibility index (Phi) is 4.44. The molecular weight excluding hydrogens is 292 g/mol. The van der Waals surface area contributed by atoms with Crippen LogP contribution in [0.4, 0.5) is 11.4 Å². The standard InChI is InChI=1S/C15H21ClN2O3/c1-14(2)6-8-15(19,9-7-14)10-17-13-11(16)4-3-5-12(13)18(20)21/h3-5,17,19H,6-10H2,1-2H3. The Morgan fingerprint density at radius 2 is 1.95 bits per heavy atom. The molecule has 0 saturated heterocycles. The molecule has 0 bridgehead atoms. The van der Waals surface area contributed by atoms with Crippen molar-refractivity contribution in [3.63, 3.8) is 0 Å². The van der Waals surface area contributed by atoms with Gasteiger partial charge >= 0.3 is 0 Å². The summed E-state index contributed by atoms with van der Waals surface area (Å²) in [6, 6.07) is 4.55. The highest BCUT2D eigenvalue weighted by atomic mass is 35.5. The Bertz CT molecular complexity index is 536. The lowest BCUT2D eigenvalue weighted by molar-refractivity contribution is -0.384. The van der Waals surface area contributed by atoms with Gasteiger partial charge in [-0.05, 0) is 37.2 Å². The van der Waals surface area contributed by atoms with Crippen molar-refractivity contribution < 1.29 is 10.0 Å². The number of hydrogen-bond acceptors (Lipinski definition) is 4. The Morgan fingerprint density at radius 3 is 2.52 bits per heavy atom. The molecule has 0 spiro atoms. The van der Waals surface area contributed by atoms with E-state index in [2.05, 4.69) is 19.2 Å². The second kappa shape index (κ2) is 5.81. The van der Waals surface area contributed by atoms with E-state index in [-0.39, 0.29) is 23.3 Å². The number of nitro benzene ring substituents is 1. The number of para-hydroxylation sites is 1. The van der Waals surface area contributed by atoms with Crippen LogP contribution in [0.1, 0.15) is 39.5 Å². The third-order valence-corrected chi connectivity index (χ3v) is 4.63. The second-order valence-corrected chi connectivity index (χ2v) is 7.04. The Labute approximate surface area is 129 Å². The highest BCUT2D eigenvalue weighted by Gasteiger charge is 2.36. The number of anilines is 1. The molecule has 0 heterocycles. The maximum Gasteiger partial charge on any atom is 0.293 e. The molecule has 0 atom stereocenters. The fraction of sp³-hybridized carbons (Fsp3) is 0.600. The lowest BCUT2D eigenvalue weighted by Gasteiger charge is -2.40. The Morgan fingerprint density at radius 1 is 1.33 bits per heavy atom. The van der Waals surface area contributed by atoms with Gasteiger partial charge in [-0.1, -0.05) is 31.5 Å². The minimum absolute atomic E-state index is 0.0674. The average molecular weight is 313 g/mol. The van der Waals surface area contributed by atoms with Crippen LogP contribution in [0.2, 0.25) is 5.02 Å². The van der Waals surface area contributed by atoms with Crippen LogP contribution in [-0.4, -0.2) is 22.2 Å². The average Bonchev–Trinajstić information content (AvgIpc) is 2.41. The van der Waals surface area contributed by atoms with Crippen LogP contribution in [0.15, 0.2) is 18.2 Å². The van der Waals surface area contributed by atoms with E-state index in [9.17, 15) is 15.2 Å². The van der Waals surface area contributed by atoms with Gasteiger partial charge in [0.1, 0.15) is 5.69 Å². The molecule has 6 heteroatoms. The molecule has 1 aromatic carbocycles. The summed E-state index contributed by atoms with van der Waals surface area (Å²) in [7, 11) is 0. The lowest BCUT2D eigenvalue weighted by Crippen LogP contribution is -2.42. The number of nitro groups is 1. The molecular formula is C15H21ClN2O3. The van der Waals surface area contributed by atoms with E-state index < -0.39 is 10.5 Å². The third-order valence-electron chi connectivity index (χ3n) is 4.32. The van der Waals surface area contributed by atoms with Crippen molar-refractivity contribution in [2.45, 2.75) is 45.1 Å². The van der Waals surface area contributed by atoms with Crippen molar-refractivity contribution in [3.05, 3.63) is 33.3 Å². The van der Waals surface area contributed by atoms with E-state index in [0.29, 0.717) is 17.9 Å². The van der Waals surface area contributed by atoms with Crippen LogP contribution in [0.3, 0.4) is 0 Å². The van der Waals surface area contributed by atoms with Gasteiger partial charge in [-0.2, -0.15) is 0 Å². The SMILES string of the molecule is CC1(C)CCC(O)(CNc2c(Cl)cccc2[N+](=O)[O-])CC1. The van der Waals surface area contributed by atoms with Crippen LogP contribution >= 0.6 is 11.6 Å². The van der Waals surface area contributed by atoms with Crippen molar-refractivity contribution in [2.75, 3.05) is 11.9 Å². The van der Waals surface area contributed by atoms with Crippen molar-refractivity contribution in [2.24, 2.45) is 5.41 Å². The Balaban J connectivity index is 2.09. The normalized spacial score (nSPS) is 20.0. The Hall–Kier alpha value is -1.33. The number of nitrogens with zero attached hydrogens (tertiary/aromatic N) is 1. The predicted octanol–water partition coefficient (Wildman–Crippen LogP) is 3.99. The first-order valence-electron chi connectivity index (χ1n) is 7.12. The van der Waals surface area contributed by atoms with E-state index >= 15 is 0 Å². The number of aliphatic hydroxyl groups is 1. The van der Waals surface area contributed by atoms with Crippen molar-refractivity contribution >= 4 is 23.0 Å². The number of benzene rings is 1. The summed E-state index contributed by atoms with van der Waals surface area (Å²) in [4.78, 5) is 10.6. The largest absolute Gasteiger partial charge is 0.388 e. The zero-order valence-electron chi connectivity index (χ0n) is 12.4. The molecule has 0 aromatic heterocycles. The molecule has 21 heavy (non-hydrogen) atoms.